The van der Waals surface area contributed by atoms with Gasteiger partial charge >= 0.3 is 51.4 Å². The zero-order chi connectivity index (χ0) is 16.1. The van der Waals surface area contributed by atoms with E-state index in [2.05, 4.69) is 13.8 Å². The van der Waals surface area contributed by atoms with Gasteiger partial charge in [0.25, 0.3) is 0 Å². The van der Waals surface area contributed by atoms with Crippen LogP contribution in [0, 0.1) is 0 Å². The molecule has 0 fully saturated rings. The molecule has 0 bridgehead atoms. The molecular weight excluding hydrogens is 327 g/mol. The molecule has 0 aromatic heterocycles. The van der Waals surface area contributed by atoms with E-state index in [9.17, 15) is 18.1 Å². The number of aliphatic hydroxyl groups is 1. The van der Waals surface area contributed by atoms with Gasteiger partial charge in [-0.2, -0.15) is 0 Å². The van der Waals surface area contributed by atoms with E-state index < -0.39 is 15.4 Å². The second kappa shape index (κ2) is 16.0. The molecule has 0 radical (unpaired) electrons. The molecule has 4 nitrogen and oxygen atoms in total. The zero-order valence-electron chi connectivity index (χ0n) is 14.7. The van der Waals surface area contributed by atoms with Crippen molar-refractivity contribution in [1.82, 2.24) is 0 Å². The Morgan fingerprint density at radius 3 is 1.77 bits per heavy atom. The first kappa shape index (κ1) is 25.7. The fourth-order valence-corrected chi connectivity index (χ4v) is 3.48. The molecule has 0 aromatic rings. The Hall–Kier alpha value is 1.51. The third-order valence-corrected chi connectivity index (χ3v) is 5.28. The van der Waals surface area contributed by atoms with Crippen LogP contribution in [0.4, 0.5) is 0 Å². The number of hydrogen-bond acceptors (Lipinski definition) is 4. The number of hydrogen-bond donors (Lipinski definition) is 1. The van der Waals surface area contributed by atoms with Gasteiger partial charge in [0.05, 0.1) is 16.2 Å². The van der Waals surface area contributed by atoms with Gasteiger partial charge in [0.2, 0.25) is 0 Å². The molecule has 2 atom stereocenters. The Bertz CT molecular complexity index is 333. The van der Waals surface area contributed by atoms with Crippen molar-refractivity contribution in [2.24, 2.45) is 0 Å². The molecule has 0 aliphatic rings. The first-order chi connectivity index (χ1) is 9.91. The van der Waals surface area contributed by atoms with Crippen LogP contribution in [0.5, 0.6) is 0 Å². The Morgan fingerprint density at radius 2 is 1.27 bits per heavy atom. The molecule has 22 heavy (non-hydrogen) atoms. The molecule has 0 aromatic carbocycles. The van der Waals surface area contributed by atoms with E-state index >= 15 is 0 Å². The molecule has 0 heterocycles. The first-order valence-corrected chi connectivity index (χ1v) is 10.0. The van der Waals surface area contributed by atoms with Crippen LogP contribution >= 0.6 is 0 Å². The van der Waals surface area contributed by atoms with Crippen LogP contribution in [0.15, 0.2) is 0 Å². The second-order valence-electron chi connectivity index (χ2n) is 6.04. The Balaban J connectivity index is 0. The smallest absolute Gasteiger partial charge is 0.748 e. The Labute approximate surface area is 180 Å². The molecule has 0 spiro atoms. The van der Waals surface area contributed by atoms with Gasteiger partial charge in [-0.1, -0.05) is 65.2 Å². The van der Waals surface area contributed by atoms with Crippen LogP contribution in [0.3, 0.4) is 0 Å². The Morgan fingerprint density at radius 1 is 0.818 bits per heavy atom. The number of aliphatic hydroxyl groups excluding tert-OH is 1. The van der Waals surface area contributed by atoms with Gasteiger partial charge in [0.1, 0.15) is 0 Å². The summed E-state index contributed by atoms with van der Waals surface area (Å²) >= 11 is 0. The third kappa shape index (κ3) is 15.1. The molecule has 0 amide bonds. The minimum Gasteiger partial charge on any atom is -0.748 e. The van der Waals surface area contributed by atoms with E-state index in [0.717, 1.165) is 64.2 Å². The summed E-state index contributed by atoms with van der Waals surface area (Å²) in [7, 11) is -4.16. The van der Waals surface area contributed by atoms with Crippen LogP contribution in [-0.2, 0) is 10.1 Å². The summed E-state index contributed by atoms with van der Waals surface area (Å²) < 4.78 is 33.7. The molecular formula is C16H33KO4S. The number of rotatable bonds is 14. The van der Waals surface area contributed by atoms with Gasteiger partial charge in [0.15, 0.2) is 0 Å². The summed E-state index contributed by atoms with van der Waals surface area (Å²) in [6, 6.07) is 0. The van der Waals surface area contributed by atoms with Crippen molar-refractivity contribution in [3.8, 4) is 0 Å². The van der Waals surface area contributed by atoms with Crippen molar-refractivity contribution in [3.63, 3.8) is 0 Å². The SMILES string of the molecule is CCCCCC(CCCCCC(O)CCCC)S(=O)(=O)[O-].[K+]. The predicted molar refractivity (Wildman–Crippen MR) is 86.2 cm³/mol. The van der Waals surface area contributed by atoms with Gasteiger partial charge in [-0.3, -0.25) is 0 Å². The van der Waals surface area contributed by atoms with Crippen molar-refractivity contribution in [1.29, 1.82) is 0 Å². The summed E-state index contributed by atoms with van der Waals surface area (Å²) in [5.41, 5.74) is 0. The van der Waals surface area contributed by atoms with Gasteiger partial charge in [-0.05, 0) is 25.7 Å². The minimum atomic E-state index is -4.16. The standard InChI is InChI=1S/C16H34O4S.K/c1-3-5-8-13-16(21(18,19)20)14-10-7-9-12-15(17)11-6-4-2;/h15-17H,3-14H2,1-2H3,(H,18,19,20);/q;+1/p-1. The van der Waals surface area contributed by atoms with E-state index in [-0.39, 0.29) is 57.5 Å². The molecule has 128 valence electrons. The monoisotopic (exact) mass is 360 g/mol. The Kier molecular flexibility index (Phi) is 18.7. The summed E-state index contributed by atoms with van der Waals surface area (Å²) in [5.74, 6) is 0. The molecule has 2 unspecified atom stereocenters. The van der Waals surface area contributed by atoms with Crippen LogP contribution < -0.4 is 51.4 Å². The number of unbranched alkanes of at least 4 members (excludes halogenated alkanes) is 5. The molecule has 0 saturated heterocycles. The predicted octanol–water partition coefficient (Wildman–Crippen LogP) is 0.986. The van der Waals surface area contributed by atoms with Gasteiger partial charge in [-0.25, -0.2) is 8.42 Å². The van der Waals surface area contributed by atoms with Gasteiger partial charge < -0.3 is 9.66 Å². The quantitative estimate of drug-likeness (QED) is 0.285. The molecule has 1 N–H and O–H groups in total. The molecule has 0 aliphatic heterocycles. The fourth-order valence-electron chi connectivity index (χ4n) is 2.57. The van der Waals surface area contributed by atoms with Crippen molar-refractivity contribution < 1.29 is 69.5 Å². The zero-order valence-corrected chi connectivity index (χ0v) is 18.7. The summed E-state index contributed by atoms with van der Waals surface area (Å²) in [6.45, 7) is 4.17. The van der Waals surface area contributed by atoms with Crippen LogP contribution in [-0.4, -0.2) is 29.4 Å². The first-order valence-electron chi connectivity index (χ1n) is 8.54. The fraction of sp³-hybridized carbons (Fsp3) is 1.00. The summed E-state index contributed by atoms with van der Waals surface area (Å²) in [4.78, 5) is 0. The maximum Gasteiger partial charge on any atom is 1.00 e. The van der Waals surface area contributed by atoms with E-state index in [1.807, 2.05) is 0 Å². The largest absolute Gasteiger partial charge is 1.00 e. The van der Waals surface area contributed by atoms with E-state index in [0.29, 0.717) is 12.8 Å². The van der Waals surface area contributed by atoms with Crippen LogP contribution in [0.25, 0.3) is 0 Å². The van der Waals surface area contributed by atoms with Crippen molar-refractivity contribution in [2.75, 3.05) is 0 Å². The average molecular weight is 361 g/mol. The van der Waals surface area contributed by atoms with Gasteiger partial charge in [0, 0.05) is 5.25 Å². The van der Waals surface area contributed by atoms with Crippen LogP contribution in [0.1, 0.15) is 90.9 Å². The minimum absolute atomic E-state index is 0. The normalized spacial score (nSPS) is 14.4. The van der Waals surface area contributed by atoms with Crippen molar-refractivity contribution in [2.45, 2.75) is 102 Å². The molecule has 0 saturated carbocycles. The summed E-state index contributed by atoms with van der Waals surface area (Å²) in [5, 5.41) is 9.00. The average Bonchev–Trinajstić information content (AvgIpc) is 2.41. The van der Waals surface area contributed by atoms with E-state index in [1.54, 1.807) is 0 Å². The molecule has 0 rings (SSSR count). The molecule has 0 aliphatic carbocycles. The van der Waals surface area contributed by atoms with E-state index in [1.165, 1.54) is 0 Å². The third-order valence-electron chi connectivity index (χ3n) is 3.99. The van der Waals surface area contributed by atoms with Crippen molar-refractivity contribution >= 4 is 10.1 Å². The maximum atomic E-state index is 11.2. The topological polar surface area (TPSA) is 77.4 Å². The van der Waals surface area contributed by atoms with Gasteiger partial charge in [-0.15, -0.1) is 0 Å². The van der Waals surface area contributed by atoms with Crippen LogP contribution in [0.2, 0.25) is 0 Å². The second-order valence-corrected chi connectivity index (χ2v) is 7.70. The maximum absolute atomic E-state index is 11.2. The molecule has 6 heteroatoms. The summed E-state index contributed by atoms with van der Waals surface area (Å²) in [6.07, 6.45) is 9.92. The van der Waals surface area contributed by atoms with E-state index in [4.69, 9.17) is 0 Å². The van der Waals surface area contributed by atoms with Crippen molar-refractivity contribution in [3.05, 3.63) is 0 Å².